The van der Waals surface area contributed by atoms with E-state index in [4.69, 9.17) is 9.47 Å². The lowest BCUT2D eigenvalue weighted by molar-refractivity contribution is -0.113. The first-order valence-corrected chi connectivity index (χ1v) is 11.1. The zero-order chi connectivity index (χ0) is 23.2. The summed E-state index contributed by atoms with van der Waals surface area (Å²) in [5, 5.41) is 0. The number of carbonyl (C=O) groups is 1. The van der Waals surface area contributed by atoms with Crippen molar-refractivity contribution in [1.29, 1.82) is 0 Å². The number of piperidine rings is 1. The van der Waals surface area contributed by atoms with Crippen LogP contribution in [0.25, 0.3) is 12.2 Å². The molecule has 4 heteroatoms. The third kappa shape index (κ3) is 5.41. The van der Waals surface area contributed by atoms with Crippen LogP contribution in [0.4, 0.5) is 0 Å². The molecule has 1 saturated heterocycles. The largest absolute Gasteiger partial charge is 0.496 e. The molecule has 1 aliphatic heterocycles. The van der Waals surface area contributed by atoms with Gasteiger partial charge in [0.2, 0.25) is 0 Å². The van der Waals surface area contributed by atoms with E-state index in [-0.39, 0.29) is 5.78 Å². The van der Waals surface area contributed by atoms with Crippen LogP contribution < -0.4 is 9.47 Å². The molecule has 1 aliphatic rings. The third-order valence-electron chi connectivity index (χ3n) is 5.84. The molecule has 3 aromatic carbocycles. The van der Waals surface area contributed by atoms with Gasteiger partial charge in [0.05, 0.1) is 14.2 Å². The molecule has 4 rings (SSSR count). The number of methoxy groups -OCH3 is 2. The highest BCUT2D eigenvalue weighted by Crippen LogP contribution is 2.28. The molecular formula is C29H29NO3. The van der Waals surface area contributed by atoms with Gasteiger partial charge < -0.3 is 9.47 Å². The predicted molar refractivity (Wildman–Crippen MR) is 133 cm³/mol. The van der Waals surface area contributed by atoms with Gasteiger partial charge in [-0.15, -0.1) is 0 Å². The Hall–Kier alpha value is -3.63. The van der Waals surface area contributed by atoms with Crippen molar-refractivity contribution in [3.05, 3.63) is 106 Å². The molecule has 1 fully saturated rings. The highest BCUT2D eigenvalue weighted by atomic mass is 16.5. The summed E-state index contributed by atoms with van der Waals surface area (Å²) in [4.78, 5) is 15.8. The van der Waals surface area contributed by atoms with Gasteiger partial charge in [-0.2, -0.15) is 0 Å². The number of hydrogen-bond acceptors (Lipinski definition) is 4. The Morgan fingerprint density at radius 1 is 0.758 bits per heavy atom. The van der Waals surface area contributed by atoms with Crippen molar-refractivity contribution in [2.24, 2.45) is 0 Å². The van der Waals surface area contributed by atoms with Crippen molar-refractivity contribution < 1.29 is 14.3 Å². The van der Waals surface area contributed by atoms with E-state index in [1.807, 2.05) is 60.7 Å². The summed E-state index contributed by atoms with van der Waals surface area (Å²) in [5.74, 6) is 1.57. The number of nitrogens with zero attached hydrogens (tertiary/aromatic N) is 1. The number of rotatable bonds is 6. The predicted octanol–water partition coefficient (Wildman–Crippen LogP) is 5.56. The average molecular weight is 440 g/mol. The van der Waals surface area contributed by atoms with Gasteiger partial charge in [-0.1, -0.05) is 66.2 Å². The number of ketones is 1. The van der Waals surface area contributed by atoms with Crippen molar-refractivity contribution in [2.45, 2.75) is 13.5 Å². The highest BCUT2D eigenvalue weighted by Gasteiger charge is 2.26. The van der Waals surface area contributed by atoms with Crippen LogP contribution in [-0.2, 0) is 11.3 Å². The molecule has 3 aromatic rings. The Morgan fingerprint density at radius 3 is 1.73 bits per heavy atom. The lowest BCUT2D eigenvalue weighted by atomic mass is 9.93. The Labute approximate surface area is 195 Å². The van der Waals surface area contributed by atoms with Gasteiger partial charge in [0.1, 0.15) is 11.5 Å². The van der Waals surface area contributed by atoms with Crippen molar-refractivity contribution in [3.63, 3.8) is 0 Å². The summed E-state index contributed by atoms with van der Waals surface area (Å²) in [6.07, 6.45) is 3.91. The molecule has 0 unspecified atom stereocenters. The van der Waals surface area contributed by atoms with Crippen LogP contribution in [0.3, 0.4) is 0 Å². The molecule has 1 heterocycles. The van der Waals surface area contributed by atoms with Gasteiger partial charge in [0, 0.05) is 41.9 Å². The molecule has 0 aliphatic carbocycles. The number of para-hydroxylation sites is 2. The van der Waals surface area contributed by atoms with Crippen LogP contribution in [0, 0.1) is 6.92 Å². The van der Waals surface area contributed by atoms with E-state index in [0.29, 0.717) is 13.1 Å². The summed E-state index contributed by atoms with van der Waals surface area (Å²) in [6, 6.07) is 24.1. The van der Waals surface area contributed by atoms with Crippen LogP contribution in [0.15, 0.2) is 83.9 Å². The zero-order valence-electron chi connectivity index (χ0n) is 19.4. The van der Waals surface area contributed by atoms with E-state index >= 15 is 0 Å². The number of hydrogen-bond donors (Lipinski definition) is 0. The molecule has 0 N–H and O–H groups in total. The minimum absolute atomic E-state index is 0.0620. The second-order valence-electron chi connectivity index (χ2n) is 8.28. The maximum atomic E-state index is 13.5. The van der Waals surface area contributed by atoms with Gasteiger partial charge >= 0.3 is 0 Å². The van der Waals surface area contributed by atoms with Gasteiger partial charge in [-0.05, 0) is 36.8 Å². The first-order chi connectivity index (χ1) is 16.1. The van der Waals surface area contributed by atoms with Crippen LogP contribution in [-0.4, -0.2) is 38.0 Å². The Kier molecular flexibility index (Phi) is 7.06. The quantitative estimate of drug-likeness (QED) is 0.471. The average Bonchev–Trinajstić information content (AvgIpc) is 2.84. The van der Waals surface area contributed by atoms with Gasteiger partial charge in [0.25, 0.3) is 0 Å². The Morgan fingerprint density at radius 2 is 1.24 bits per heavy atom. The fourth-order valence-electron chi connectivity index (χ4n) is 4.12. The smallest absolute Gasteiger partial charge is 0.187 e. The molecule has 0 aromatic heterocycles. The minimum Gasteiger partial charge on any atom is -0.496 e. The summed E-state index contributed by atoms with van der Waals surface area (Å²) in [6.45, 7) is 4.01. The fraction of sp³-hybridized carbons (Fsp3) is 0.207. The summed E-state index contributed by atoms with van der Waals surface area (Å²) < 4.78 is 11.0. The van der Waals surface area contributed by atoms with Gasteiger partial charge in [0.15, 0.2) is 5.78 Å². The number of carbonyl (C=O) groups excluding carboxylic acids is 1. The Balaban J connectivity index is 1.72. The molecular weight excluding hydrogens is 410 g/mol. The Bertz CT molecular complexity index is 1120. The van der Waals surface area contributed by atoms with E-state index < -0.39 is 0 Å². The van der Waals surface area contributed by atoms with Gasteiger partial charge in [-0.3, -0.25) is 9.69 Å². The van der Waals surface area contributed by atoms with Crippen LogP contribution in [0.2, 0.25) is 0 Å². The first-order valence-electron chi connectivity index (χ1n) is 11.1. The second-order valence-corrected chi connectivity index (χ2v) is 8.28. The van der Waals surface area contributed by atoms with E-state index in [1.54, 1.807) is 14.2 Å². The van der Waals surface area contributed by atoms with Crippen molar-refractivity contribution in [2.75, 3.05) is 27.3 Å². The van der Waals surface area contributed by atoms with E-state index in [2.05, 4.69) is 36.1 Å². The topological polar surface area (TPSA) is 38.8 Å². The molecule has 0 atom stereocenters. The van der Waals surface area contributed by atoms with Crippen molar-refractivity contribution in [3.8, 4) is 11.5 Å². The van der Waals surface area contributed by atoms with E-state index in [1.165, 1.54) is 11.1 Å². The van der Waals surface area contributed by atoms with Gasteiger partial charge in [-0.25, -0.2) is 0 Å². The van der Waals surface area contributed by atoms with E-state index in [9.17, 15) is 4.79 Å². The number of ether oxygens (including phenoxy) is 2. The van der Waals surface area contributed by atoms with E-state index in [0.717, 1.165) is 40.3 Å². The minimum atomic E-state index is 0.0620. The number of aryl methyl sites for hydroxylation is 1. The standard InChI is InChI=1S/C29H29NO3/c1-21-12-14-22(15-13-21)18-30-19-25(16-23-8-4-6-10-27(23)32-2)29(31)26(20-30)17-24-9-5-7-11-28(24)33-3/h4-17H,18-20H2,1-3H3. The molecule has 4 nitrogen and oxygen atoms in total. The molecule has 0 saturated carbocycles. The maximum Gasteiger partial charge on any atom is 0.187 e. The van der Waals surface area contributed by atoms with Crippen LogP contribution >= 0.6 is 0 Å². The molecule has 0 radical (unpaired) electrons. The molecule has 0 amide bonds. The van der Waals surface area contributed by atoms with Crippen molar-refractivity contribution >= 4 is 17.9 Å². The molecule has 33 heavy (non-hydrogen) atoms. The number of likely N-dealkylation sites (tertiary alicyclic amines) is 1. The molecule has 0 spiro atoms. The maximum absolute atomic E-state index is 13.5. The van der Waals surface area contributed by atoms with Crippen molar-refractivity contribution in [1.82, 2.24) is 4.90 Å². The molecule has 168 valence electrons. The van der Waals surface area contributed by atoms with Crippen LogP contribution in [0.1, 0.15) is 22.3 Å². The number of Topliss-reactive ketones (excluding diaryl/α,β-unsaturated/α-hetero) is 1. The molecule has 0 bridgehead atoms. The lowest BCUT2D eigenvalue weighted by Gasteiger charge is -2.30. The number of benzene rings is 3. The summed E-state index contributed by atoms with van der Waals surface area (Å²) in [7, 11) is 3.30. The lowest BCUT2D eigenvalue weighted by Crippen LogP contribution is -2.37. The summed E-state index contributed by atoms with van der Waals surface area (Å²) >= 11 is 0. The summed E-state index contributed by atoms with van der Waals surface area (Å²) in [5.41, 5.74) is 5.76. The fourth-order valence-corrected chi connectivity index (χ4v) is 4.12. The van der Waals surface area contributed by atoms with Crippen LogP contribution in [0.5, 0.6) is 11.5 Å². The first kappa shape index (κ1) is 22.6. The monoisotopic (exact) mass is 439 g/mol. The SMILES string of the molecule is COc1ccccc1C=C1CN(Cc2ccc(C)cc2)CC(=Cc2ccccc2OC)C1=O. The highest BCUT2D eigenvalue weighted by molar-refractivity contribution is 6.14. The second kappa shape index (κ2) is 10.3. The third-order valence-corrected chi connectivity index (χ3v) is 5.84. The normalized spacial score (nSPS) is 16.9. The zero-order valence-corrected chi connectivity index (χ0v) is 19.4.